The van der Waals surface area contributed by atoms with E-state index in [9.17, 15) is 5.26 Å². The second-order valence-electron chi connectivity index (χ2n) is 11.1. The molecule has 202 valence electrons. The number of para-hydroxylation sites is 2. The van der Waals surface area contributed by atoms with Gasteiger partial charge in [0, 0.05) is 21.5 Å². The first-order valence-corrected chi connectivity index (χ1v) is 14.5. The maximum Gasteiger partial charge on any atom is 0.212 e. The third kappa shape index (κ3) is 3.20. The monoisotopic (exact) mass is 558 g/mol. The first kappa shape index (κ1) is 24.3. The van der Waals surface area contributed by atoms with Gasteiger partial charge in [-0.3, -0.25) is 0 Å². The van der Waals surface area contributed by atoms with Crippen molar-refractivity contribution in [3.63, 3.8) is 0 Å². The molecule has 0 aliphatic rings. The Hall–Kier alpha value is -6.36. The summed E-state index contributed by atoms with van der Waals surface area (Å²) < 4.78 is 4.29. The summed E-state index contributed by atoms with van der Waals surface area (Å²) >= 11 is 0. The van der Waals surface area contributed by atoms with Crippen LogP contribution in [0.5, 0.6) is 0 Å². The number of nitrogens with zero attached hydrogens (tertiary/aromatic N) is 4. The van der Waals surface area contributed by atoms with E-state index >= 15 is 0 Å². The minimum atomic E-state index is 0.488. The number of aromatic nitrogens is 2. The summed E-state index contributed by atoms with van der Waals surface area (Å²) in [5.41, 5.74) is 6.42. The maximum atomic E-state index is 10.6. The summed E-state index contributed by atoms with van der Waals surface area (Å²) in [5.74, 6) is 0. The van der Waals surface area contributed by atoms with E-state index in [4.69, 9.17) is 6.57 Å². The molecule has 0 saturated carbocycles. The van der Waals surface area contributed by atoms with Crippen molar-refractivity contribution in [3.8, 4) is 17.4 Å². The Morgan fingerprint density at radius 1 is 0.500 bits per heavy atom. The third-order valence-corrected chi connectivity index (χ3v) is 8.94. The molecule has 9 aromatic rings. The first-order chi connectivity index (χ1) is 21.8. The molecule has 4 nitrogen and oxygen atoms in total. The molecular weight excluding hydrogens is 536 g/mol. The molecule has 9 rings (SSSR count). The van der Waals surface area contributed by atoms with Crippen LogP contribution in [0.3, 0.4) is 0 Å². The van der Waals surface area contributed by atoms with Crippen LogP contribution in [0.25, 0.3) is 81.4 Å². The zero-order valence-corrected chi connectivity index (χ0v) is 23.5. The maximum absolute atomic E-state index is 10.6. The Kier molecular flexibility index (Phi) is 5.00. The summed E-state index contributed by atoms with van der Waals surface area (Å²) in [4.78, 5) is 4.06. The Morgan fingerprint density at radius 3 is 1.50 bits per heavy atom. The van der Waals surface area contributed by atoms with Crippen molar-refractivity contribution in [1.29, 1.82) is 5.26 Å². The molecule has 0 spiro atoms. The molecule has 0 aliphatic heterocycles. The van der Waals surface area contributed by atoms with Gasteiger partial charge in [-0.05, 0) is 57.9 Å². The highest BCUT2D eigenvalue weighted by Gasteiger charge is 2.22. The minimum Gasteiger partial charge on any atom is -0.319 e. The Morgan fingerprint density at radius 2 is 0.977 bits per heavy atom. The standard InChI is InChI=1S/C40H22N4/c1-42-32-23-37(43-33-16-8-6-14-30(33)39-28-12-4-2-10-25(28)18-20-35(39)43)27(24-41)22-38(32)44-34-17-9-7-15-31(34)40-29-13-5-3-11-26(29)19-21-36(40)44/h2-23H. The van der Waals surface area contributed by atoms with Crippen molar-refractivity contribution in [2.75, 3.05) is 0 Å². The van der Waals surface area contributed by atoms with Crippen LogP contribution in [0.15, 0.2) is 133 Å². The van der Waals surface area contributed by atoms with Crippen molar-refractivity contribution >= 4 is 70.8 Å². The predicted octanol–water partition coefficient (Wildman–Crippen LogP) is 10.6. The van der Waals surface area contributed by atoms with Crippen LogP contribution in [0.1, 0.15) is 5.56 Å². The van der Waals surface area contributed by atoms with Crippen LogP contribution < -0.4 is 0 Å². The lowest BCUT2D eigenvalue weighted by atomic mass is 10.0. The average Bonchev–Trinajstić information content (AvgIpc) is 3.61. The molecule has 0 fully saturated rings. The van der Waals surface area contributed by atoms with Gasteiger partial charge in [0.1, 0.15) is 6.07 Å². The van der Waals surface area contributed by atoms with Crippen molar-refractivity contribution in [2.45, 2.75) is 0 Å². The lowest BCUT2D eigenvalue weighted by molar-refractivity contribution is 1.14. The van der Waals surface area contributed by atoms with E-state index in [1.165, 1.54) is 16.2 Å². The summed E-state index contributed by atoms with van der Waals surface area (Å²) in [6.45, 7) is 8.34. The Bertz CT molecular complexity index is 2550. The van der Waals surface area contributed by atoms with Gasteiger partial charge < -0.3 is 9.13 Å². The van der Waals surface area contributed by atoms with Gasteiger partial charge in [0.25, 0.3) is 0 Å². The molecule has 44 heavy (non-hydrogen) atoms. The second-order valence-corrected chi connectivity index (χ2v) is 11.1. The van der Waals surface area contributed by atoms with E-state index in [0.29, 0.717) is 22.6 Å². The summed E-state index contributed by atoms with van der Waals surface area (Å²) in [6, 6.07) is 48.2. The van der Waals surface area contributed by atoms with Crippen molar-refractivity contribution in [1.82, 2.24) is 9.13 Å². The van der Waals surface area contributed by atoms with E-state index < -0.39 is 0 Å². The smallest absolute Gasteiger partial charge is 0.212 e. The molecule has 0 N–H and O–H groups in total. The van der Waals surface area contributed by atoms with Crippen LogP contribution in [-0.2, 0) is 0 Å². The van der Waals surface area contributed by atoms with Gasteiger partial charge in [-0.25, -0.2) is 4.85 Å². The number of benzene rings is 7. The molecule has 0 unspecified atom stereocenters. The fourth-order valence-corrected chi connectivity index (χ4v) is 7.11. The van der Waals surface area contributed by atoms with Crippen LogP contribution in [0.4, 0.5) is 5.69 Å². The highest BCUT2D eigenvalue weighted by molar-refractivity contribution is 6.22. The van der Waals surface area contributed by atoms with Crippen molar-refractivity contribution in [2.24, 2.45) is 0 Å². The fraction of sp³-hybridized carbons (Fsp3) is 0. The highest BCUT2D eigenvalue weighted by Crippen LogP contribution is 2.42. The molecule has 0 saturated heterocycles. The van der Waals surface area contributed by atoms with Crippen molar-refractivity contribution < 1.29 is 0 Å². The number of nitriles is 1. The molecule has 7 aromatic carbocycles. The molecule has 4 heteroatoms. The molecule has 0 aliphatic carbocycles. The largest absolute Gasteiger partial charge is 0.319 e. The Labute approximate surface area is 252 Å². The molecule has 2 aromatic heterocycles. The zero-order valence-electron chi connectivity index (χ0n) is 23.5. The minimum absolute atomic E-state index is 0.488. The lowest BCUT2D eigenvalue weighted by Gasteiger charge is -2.16. The summed E-state index contributed by atoms with van der Waals surface area (Å²) in [7, 11) is 0. The molecule has 2 heterocycles. The SMILES string of the molecule is [C-]#[N+]c1cc(-n2c3ccccc3c3c4ccccc4ccc32)c(C#N)cc1-n1c2ccccc2c2c3ccccc3ccc21. The second kappa shape index (κ2) is 9.07. The Balaban J connectivity index is 1.40. The van der Waals surface area contributed by atoms with Gasteiger partial charge in [-0.15, -0.1) is 0 Å². The van der Waals surface area contributed by atoms with Crippen molar-refractivity contribution in [3.05, 3.63) is 150 Å². The van der Waals surface area contributed by atoms with Crippen LogP contribution in [0, 0.1) is 17.9 Å². The molecule has 0 radical (unpaired) electrons. The number of hydrogen-bond donors (Lipinski definition) is 0. The highest BCUT2D eigenvalue weighted by atomic mass is 15.0. The molecule has 0 bridgehead atoms. The van der Waals surface area contributed by atoms with Crippen LogP contribution >= 0.6 is 0 Å². The normalized spacial score (nSPS) is 11.6. The van der Waals surface area contributed by atoms with Crippen LogP contribution in [-0.4, -0.2) is 9.13 Å². The fourth-order valence-electron chi connectivity index (χ4n) is 7.11. The van der Waals surface area contributed by atoms with Gasteiger partial charge in [-0.2, -0.15) is 5.26 Å². The molecule has 0 atom stereocenters. The predicted molar refractivity (Wildman–Crippen MR) is 181 cm³/mol. The van der Waals surface area contributed by atoms with E-state index in [0.717, 1.165) is 49.0 Å². The lowest BCUT2D eigenvalue weighted by Crippen LogP contribution is -2.01. The third-order valence-electron chi connectivity index (χ3n) is 8.94. The van der Waals surface area contributed by atoms with E-state index in [1.807, 2.05) is 24.3 Å². The number of hydrogen-bond acceptors (Lipinski definition) is 1. The number of rotatable bonds is 2. The zero-order chi connectivity index (χ0) is 29.4. The first-order valence-electron chi connectivity index (χ1n) is 14.5. The van der Waals surface area contributed by atoms with Gasteiger partial charge in [0.2, 0.25) is 5.69 Å². The van der Waals surface area contributed by atoms with E-state index in [1.54, 1.807) is 0 Å². The van der Waals surface area contributed by atoms with Gasteiger partial charge >= 0.3 is 0 Å². The topological polar surface area (TPSA) is 38.0 Å². The van der Waals surface area contributed by atoms with E-state index in [-0.39, 0.29) is 0 Å². The quantitative estimate of drug-likeness (QED) is 0.195. The molecular formula is C40H22N4. The summed E-state index contributed by atoms with van der Waals surface area (Å²) in [6.07, 6.45) is 0. The van der Waals surface area contributed by atoms with Gasteiger partial charge in [-0.1, -0.05) is 97.1 Å². The van der Waals surface area contributed by atoms with Gasteiger partial charge in [0.15, 0.2) is 0 Å². The molecule has 0 amide bonds. The van der Waals surface area contributed by atoms with E-state index in [2.05, 4.69) is 129 Å². The summed E-state index contributed by atoms with van der Waals surface area (Å²) in [5, 5.41) is 19.8. The number of fused-ring (bicyclic) bond motifs is 10. The van der Waals surface area contributed by atoms with Gasteiger partial charge in [0.05, 0.1) is 45.6 Å². The average molecular weight is 559 g/mol. The van der Waals surface area contributed by atoms with Crippen LogP contribution in [0.2, 0.25) is 0 Å².